The van der Waals surface area contributed by atoms with Crippen molar-refractivity contribution in [2.24, 2.45) is 5.92 Å². The zero-order chi connectivity index (χ0) is 15.6. The number of hydrogen-bond donors (Lipinski definition) is 3. The Kier molecular flexibility index (Phi) is 4.02. The Morgan fingerprint density at radius 2 is 2.10 bits per heavy atom. The SMILES string of the molecule is COc1cc(F)ccc1NC(=O)NC(C)(C(=O)O)C1CC1. The molecule has 2 amide bonds. The lowest BCUT2D eigenvalue weighted by Gasteiger charge is -2.26. The van der Waals surface area contributed by atoms with Crippen molar-refractivity contribution in [2.45, 2.75) is 25.3 Å². The van der Waals surface area contributed by atoms with Crippen LogP contribution < -0.4 is 15.4 Å². The number of carbonyl (C=O) groups is 2. The zero-order valence-electron chi connectivity index (χ0n) is 11.8. The number of amides is 2. The molecule has 1 aromatic carbocycles. The van der Waals surface area contributed by atoms with Gasteiger partial charge in [-0.2, -0.15) is 0 Å². The Balaban J connectivity index is 2.09. The van der Waals surface area contributed by atoms with Gasteiger partial charge in [0.15, 0.2) is 0 Å². The molecule has 2 rings (SSSR count). The Morgan fingerprint density at radius 3 is 2.62 bits per heavy atom. The summed E-state index contributed by atoms with van der Waals surface area (Å²) in [6, 6.07) is 2.99. The van der Waals surface area contributed by atoms with E-state index in [0.29, 0.717) is 0 Å². The molecule has 1 aliphatic rings. The highest BCUT2D eigenvalue weighted by atomic mass is 19.1. The Hall–Kier alpha value is -2.31. The maximum atomic E-state index is 13.1. The van der Waals surface area contributed by atoms with E-state index < -0.39 is 23.4 Å². The molecule has 1 aliphatic carbocycles. The number of carbonyl (C=O) groups excluding carboxylic acids is 1. The maximum Gasteiger partial charge on any atom is 0.329 e. The van der Waals surface area contributed by atoms with Gasteiger partial charge in [-0.3, -0.25) is 0 Å². The summed E-state index contributed by atoms with van der Waals surface area (Å²) >= 11 is 0. The quantitative estimate of drug-likeness (QED) is 0.777. The van der Waals surface area contributed by atoms with E-state index >= 15 is 0 Å². The molecule has 0 aliphatic heterocycles. The van der Waals surface area contributed by atoms with E-state index in [4.69, 9.17) is 4.74 Å². The van der Waals surface area contributed by atoms with Crippen LogP contribution in [0.3, 0.4) is 0 Å². The first-order chi connectivity index (χ1) is 9.86. The van der Waals surface area contributed by atoms with Gasteiger partial charge in [0.2, 0.25) is 0 Å². The third-order valence-corrected chi connectivity index (χ3v) is 3.62. The van der Waals surface area contributed by atoms with Crippen LogP contribution in [0.25, 0.3) is 0 Å². The van der Waals surface area contributed by atoms with Gasteiger partial charge in [0.25, 0.3) is 0 Å². The number of carboxylic acids is 1. The summed E-state index contributed by atoms with van der Waals surface area (Å²) < 4.78 is 18.0. The molecule has 3 N–H and O–H groups in total. The van der Waals surface area contributed by atoms with E-state index in [2.05, 4.69) is 10.6 Å². The van der Waals surface area contributed by atoms with Crippen molar-refractivity contribution >= 4 is 17.7 Å². The molecule has 0 saturated heterocycles. The molecule has 1 aromatic rings. The minimum Gasteiger partial charge on any atom is -0.494 e. The summed E-state index contributed by atoms with van der Waals surface area (Å²) in [5, 5.41) is 14.2. The summed E-state index contributed by atoms with van der Waals surface area (Å²) in [6.45, 7) is 1.48. The van der Waals surface area contributed by atoms with Gasteiger partial charge >= 0.3 is 12.0 Å². The predicted molar refractivity (Wildman–Crippen MR) is 73.9 cm³/mol. The number of rotatable bonds is 5. The van der Waals surface area contributed by atoms with Crippen molar-refractivity contribution in [3.05, 3.63) is 24.0 Å². The van der Waals surface area contributed by atoms with E-state index in [0.717, 1.165) is 18.9 Å². The smallest absolute Gasteiger partial charge is 0.329 e. The van der Waals surface area contributed by atoms with E-state index in [-0.39, 0.29) is 17.4 Å². The molecule has 1 saturated carbocycles. The van der Waals surface area contributed by atoms with E-state index in [1.54, 1.807) is 0 Å². The minimum atomic E-state index is -1.31. The Labute approximate surface area is 121 Å². The standard InChI is InChI=1S/C14H17FN2O4/c1-14(12(18)19,8-3-4-8)17-13(20)16-10-6-5-9(15)7-11(10)21-2/h5-8H,3-4H2,1-2H3,(H,18,19)(H2,16,17,20). The van der Waals surface area contributed by atoms with Crippen molar-refractivity contribution in [1.82, 2.24) is 5.32 Å². The largest absolute Gasteiger partial charge is 0.494 e. The van der Waals surface area contributed by atoms with E-state index in [1.165, 1.54) is 26.2 Å². The lowest BCUT2D eigenvalue weighted by atomic mass is 9.96. The summed E-state index contributed by atoms with van der Waals surface area (Å²) in [4.78, 5) is 23.3. The van der Waals surface area contributed by atoms with Crippen molar-refractivity contribution in [1.29, 1.82) is 0 Å². The summed E-state index contributed by atoms with van der Waals surface area (Å²) in [7, 11) is 1.35. The highest BCUT2D eigenvalue weighted by Gasteiger charge is 2.48. The fourth-order valence-corrected chi connectivity index (χ4v) is 2.15. The monoisotopic (exact) mass is 296 g/mol. The van der Waals surface area contributed by atoms with Crippen LogP contribution in [0.5, 0.6) is 5.75 Å². The average molecular weight is 296 g/mol. The van der Waals surface area contributed by atoms with Gasteiger partial charge in [-0.15, -0.1) is 0 Å². The number of methoxy groups -OCH3 is 1. The van der Waals surface area contributed by atoms with Crippen LogP contribution in [0.4, 0.5) is 14.9 Å². The molecule has 0 aromatic heterocycles. The summed E-state index contributed by atoms with van der Waals surface area (Å²) in [5.41, 5.74) is -1.04. The number of carboxylic acid groups (broad SMARTS) is 1. The van der Waals surface area contributed by atoms with Crippen molar-refractivity contribution < 1.29 is 23.8 Å². The molecule has 0 heterocycles. The van der Waals surface area contributed by atoms with Crippen molar-refractivity contribution in [2.75, 3.05) is 12.4 Å². The molecule has 7 heteroatoms. The van der Waals surface area contributed by atoms with Gasteiger partial charge in [0, 0.05) is 6.07 Å². The number of halogens is 1. The van der Waals surface area contributed by atoms with Gasteiger partial charge in [-0.05, 0) is 37.8 Å². The predicted octanol–water partition coefficient (Wildman–Crippen LogP) is 2.21. The molecule has 1 atom stereocenters. The first-order valence-electron chi connectivity index (χ1n) is 6.53. The highest BCUT2D eigenvalue weighted by Crippen LogP contribution is 2.39. The van der Waals surface area contributed by atoms with Gasteiger partial charge in [0.1, 0.15) is 17.1 Å². The first-order valence-corrected chi connectivity index (χ1v) is 6.53. The maximum absolute atomic E-state index is 13.1. The van der Waals surface area contributed by atoms with Crippen LogP contribution in [0, 0.1) is 11.7 Å². The van der Waals surface area contributed by atoms with Crippen LogP contribution in [0.1, 0.15) is 19.8 Å². The second kappa shape index (κ2) is 5.59. The average Bonchev–Trinajstić information content (AvgIpc) is 3.25. The fraction of sp³-hybridized carbons (Fsp3) is 0.429. The Bertz CT molecular complexity index is 574. The fourth-order valence-electron chi connectivity index (χ4n) is 2.15. The first kappa shape index (κ1) is 15.1. The summed E-state index contributed by atoms with van der Waals surface area (Å²) in [5.74, 6) is -1.48. The number of hydrogen-bond acceptors (Lipinski definition) is 3. The number of ether oxygens (including phenoxy) is 1. The van der Waals surface area contributed by atoms with Crippen LogP contribution >= 0.6 is 0 Å². The second-order valence-corrected chi connectivity index (χ2v) is 5.21. The molecule has 0 bridgehead atoms. The molecule has 0 radical (unpaired) electrons. The zero-order valence-corrected chi connectivity index (χ0v) is 11.8. The highest BCUT2D eigenvalue weighted by molar-refractivity contribution is 5.95. The van der Waals surface area contributed by atoms with Crippen LogP contribution in [-0.2, 0) is 4.79 Å². The van der Waals surface area contributed by atoms with Crippen molar-refractivity contribution in [3.8, 4) is 5.75 Å². The van der Waals surface area contributed by atoms with Gasteiger partial charge in [-0.25, -0.2) is 14.0 Å². The van der Waals surface area contributed by atoms with Crippen LogP contribution in [0.15, 0.2) is 18.2 Å². The number of urea groups is 1. The molecule has 0 spiro atoms. The normalized spacial score (nSPS) is 16.7. The molecule has 1 fully saturated rings. The second-order valence-electron chi connectivity index (χ2n) is 5.21. The third kappa shape index (κ3) is 3.24. The van der Waals surface area contributed by atoms with Gasteiger partial charge < -0.3 is 20.5 Å². The molecule has 21 heavy (non-hydrogen) atoms. The van der Waals surface area contributed by atoms with Crippen LogP contribution in [-0.4, -0.2) is 29.8 Å². The molecule has 1 unspecified atom stereocenters. The van der Waals surface area contributed by atoms with Gasteiger partial charge in [-0.1, -0.05) is 0 Å². The summed E-state index contributed by atoms with van der Waals surface area (Å²) in [6.07, 6.45) is 1.53. The van der Waals surface area contributed by atoms with E-state index in [9.17, 15) is 19.1 Å². The lowest BCUT2D eigenvalue weighted by Crippen LogP contribution is -2.55. The molecule has 114 valence electrons. The number of anilines is 1. The Morgan fingerprint density at radius 1 is 1.43 bits per heavy atom. The molecular formula is C14H17FN2O4. The molecular weight excluding hydrogens is 279 g/mol. The van der Waals surface area contributed by atoms with Crippen molar-refractivity contribution in [3.63, 3.8) is 0 Å². The lowest BCUT2D eigenvalue weighted by molar-refractivity contribution is -0.144. The number of aliphatic carboxylic acids is 1. The van der Waals surface area contributed by atoms with E-state index in [1.807, 2.05) is 0 Å². The minimum absolute atomic E-state index is 0.0733. The third-order valence-electron chi connectivity index (χ3n) is 3.62. The van der Waals surface area contributed by atoms with Crippen LogP contribution in [0.2, 0.25) is 0 Å². The molecule has 6 nitrogen and oxygen atoms in total. The number of benzene rings is 1. The van der Waals surface area contributed by atoms with Gasteiger partial charge in [0.05, 0.1) is 12.8 Å². The number of nitrogens with one attached hydrogen (secondary N) is 2. The topological polar surface area (TPSA) is 87.7 Å².